The molecule has 32 heavy (non-hydrogen) atoms. The maximum atomic E-state index is 13.4. The van der Waals surface area contributed by atoms with Gasteiger partial charge < -0.3 is 20.5 Å². The number of benzene rings is 1. The number of hydrogen-bond acceptors (Lipinski definition) is 6. The maximum Gasteiger partial charge on any atom is 0.133 e. The summed E-state index contributed by atoms with van der Waals surface area (Å²) in [5.41, 5.74) is 2.78. The Hall–Kier alpha value is -2.40. The molecular formula is C24H29ClN5OP. The molecule has 0 saturated carbocycles. The summed E-state index contributed by atoms with van der Waals surface area (Å²) in [7, 11) is -2.46. The van der Waals surface area contributed by atoms with Crippen molar-refractivity contribution in [3.05, 3.63) is 65.4 Å². The van der Waals surface area contributed by atoms with E-state index in [0.29, 0.717) is 34.8 Å². The molecule has 0 spiro atoms. The lowest BCUT2D eigenvalue weighted by Gasteiger charge is -2.20. The van der Waals surface area contributed by atoms with Crippen LogP contribution in [0.2, 0.25) is 5.02 Å². The van der Waals surface area contributed by atoms with Crippen LogP contribution in [0.15, 0.2) is 54.9 Å². The van der Waals surface area contributed by atoms with Gasteiger partial charge in [0.25, 0.3) is 0 Å². The van der Waals surface area contributed by atoms with Crippen molar-refractivity contribution in [1.29, 1.82) is 0 Å². The first kappa shape index (κ1) is 22.8. The van der Waals surface area contributed by atoms with Gasteiger partial charge in [-0.1, -0.05) is 37.6 Å². The molecule has 4 rings (SSSR count). The molecule has 0 aliphatic carbocycles. The summed E-state index contributed by atoms with van der Waals surface area (Å²) in [6, 6.07) is 13.8. The number of hydrogen-bond donors (Lipinski definition) is 3. The number of anilines is 4. The van der Waals surface area contributed by atoms with Crippen LogP contribution < -0.4 is 21.3 Å². The maximum absolute atomic E-state index is 13.4. The Morgan fingerprint density at radius 1 is 1.06 bits per heavy atom. The quantitative estimate of drug-likeness (QED) is 0.366. The summed E-state index contributed by atoms with van der Waals surface area (Å²) < 4.78 is 13.4. The van der Waals surface area contributed by atoms with Crippen LogP contribution in [0, 0.1) is 0 Å². The minimum absolute atomic E-state index is 0.493. The van der Waals surface area contributed by atoms with Gasteiger partial charge in [-0.05, 0) is 48.7 Å². The second kappa shape index (κ2) is 10.0. The Morgan fingerprint density at radius 2 is 1.84 bits per heavy atom. The molecule has 3 aromatic rings. The molecule has 168 valence electrons. The molecule has 1 aliphatic heterocycles. The number of aromatic nitrogens is 2. The second-order valence-corrected chi connectivity index (χ2v) is 11.9. The van der Waals surface area contributed by atoms with Gasteiger partial charge >= 0.3 is 0 Å². The van der Waals surface area contributed by atoms with Crippen LogP contribution in [-0.4, -0.2) is 35.4 Å². The van der Waals surface area contributed by atoms with Gasteiger partial charge in [0.05, 0.1) is 16.9 Å². The molecule has 3 N–H and O–H groups in total. The third-order valence-electron chi connectivity index (χ3n) is 6.06. The van der Waals surface area contributed by atoms with E-state index in [1.165, 1.54) is 5.56 Å². The molecule has 1 aromatic carbocycles. The highest BCUT2D eigenvalue weighted by atomic mass is 35.5. The highest BCUT2D eigenvalue weighted by molar-refractivity contribution is 7.71. The van der Waals surface area contributed by atoms with Gasteiger partial charge in [0.2, 0.25) is 0 Å². The van der Waals surface area contributed by atoms with Gasteiger partial charge in [0.1, 0.15) is 18.8 Å². The molecule has 1 aliphatic rings. The molecule has 0 bridgehead atoms. The predicted octanol–water partition coefficient (Wildman–Crippen LogP) is 5.72. The molecule has 2 aromatic heterocycles. The van der Waals surface area contributed by atoms with E-state index in [4.69, 9.17) is 11.6 Å². The van der Waals surface area contributed by atoms with Crippen LogP contribution in [0.3, 0.4) is 0 Å². The van der Waals surface area contributed by atoms with Crippen LogP contribution >= 0.6 is 18.7 Å². The highest BCUT2D eigenvalue weighted by Crippen LogP contribution is 2.46. The number of rotatable bonds is 8. The van der Waals surface area contributed by atoms with Crippen molar-refractivity contribution in [3.63, 3.8) is 0 Å². The number of halogens is 1. The average molecular weight is 470 g/mol. The Morgan fingerprint density at radius 3 is 2.59 bits per heavy atom. The zero-order chi connectivity index (χ0) is 22.6. The lowest BCUT2D eigenvalue weighted by Crippen LogP contribution is -2.13. The van der Waals surface area contributed by atoms with Crippen molar-refractivity contribution in [2.45, 2.75) is 26.2 Å². The second-order valence-electron chi connectivity index (χ2n) is 8.00. The fourth-order valence-corrected chi connectivity index (χ4v) is 6.29. The van der Waals surface area contributed by atoms with Gasteiger partial charge in [0, 0.05) is 42.1 Å². The third-order valence-corrected chi connectivity index (χ3v) is 9.67. The first-order valence-electron chi connectivity index (χ1n) is 11.1. The van der Waals surface area contributed by atoms with Crippen molar-refractivity contribution in [1.82, 2.24) is 15.3 Å². The van der Waals surface area contributed by atoms with Gasteiger partial charge in [-0.3, -0.25) is 0 Å². The minimum Gasteiger partial charge on any atom is -0.354 e. The lowest BCUT2D eigenvalue weighted by atomic mass is 10.00. The summed E-state index contributed by atoms with van der Waals surface area (Å²) in [6.07, 6.45) is 5.82. The number of nitrogens with one attached hydrogen (secondary N) is 3. The molecule has 1 fully saturated rings. The van der Waals surface area contributed by atoms with Gasteiger partial charge in [-0.2, -0.15) is 0 Å². The van der Waals surface area contributed by atoms with E-state index >= 15 is 0 Å². The monoisotopic (exact) mass is 469 g/mol. The summed E-state index contributed by atoms with van der Waals surface area (Å²) in [5, 5.41) is 11.4. The van der Waals surface area contributed by atoms with Gasteiger partial charge in [-0.25, -0.2) is 9.97 Å². The average Bonchev–Trinajstić information content (AvgIpc) is 3.36. The smallest absolute Gasteiger partial charge is 0.133 e. The SMILES string of the molecule is CCP(=O)(CC)c1ccccc1Nc1cc(Nc2cc(C3CCNC3)ccn2)ncc1Cl. The molecule has 3 heterocycles. The standard InChI is InChI=1S/C24H29ClN5OP/c1-3-32(31,4-2)22-8-6-5-7-20(22)29-21-14-24(28-16-19(21)25)30-23-13-17(10-12-27-23)18-9-11-26-15-18/h5-8,10,12-14,16,18,26H,3-4,9,11,15H2,1-2H3,(H2,27,28,29,30). The number of pyridine rings is 2. The molecule has 0 radical (unpaired) electrons. The molecule has 1 atom stereocenters. The number of para-hydroxylation sites is 1. The Bertz CT molecular complexity index is 1120. The molecule has 8 heteroatoms. The zero-order valence-electron chi connectivity index (χ0n) is 18.4. The Labute approximate surface area is 194 Å². The largest absolute Gasteiger partial charge is 0.354 e. The topological polar surface area (TPSA) is 78.9 Å². The Balaban J connectivity index is 1.59. The Kier molecular flexibility index (Phi) is 7.14. The van der Waals surface area contributed by atoms with Crippen LogP contribution in [0.5, 0.6) is 0 Å². The lowest BCUT2D eigenvalue weighted by molar-refractivity contribution is 0.582. The predicted molar refractivity (Wildman–Crippen MR) is 135 cm³/mol. The zero-order valence-corrected chi connectivity index (χ0v) is 20.1. The fourth-order valence-electron chi connectivity index (χ4n) is 4.09. The van der Waals surface area contributed by atoms with Crippen molar-refractivity contribution in [3.8, 4) is 0 Å². The van der Waals surface area contributed by atoms with E-state index in [1.54, 1.807) is 6.20 Å². The molecular weight excluding hydrogens is 441 g/mol. The fraction of sp³-hybridized carbons (Fsp3) is 0.333. The van der Waals surface area contributed by atoms with Crippen molar-refractivity contribution in [2.24, 2.45) is 0 Å². The van der Waals surface area contributed by atoms with Crippen LogP contribution in [0.1, 0.15) is 31.7 Å². The van der Waals surface area contributed by atoms with Crippen molar-refractivity contribution < 1.29 is 4.57 Å². The van der Waals surface area contributed by atoms with Gasteiger partial charge in [0.15, 0.2) is 0 Å². The van der Waals surface area contributed by atoms with E-state index in [-0.39, 0.29) is 0 Å². The molecule has 6 nitrogen and oxygen atoms in total. The summed E-state index contributed by atoms with van der Waals surface area (Å²) in [4.78, 5) is 8.87. The van der Waals surface area contributed by atoms with Crippen LogP contribution in [-0.2, 0) is 4.57 Å². The summed E-state index contributed by atoms with van der Waals surface area (Å²) >= 11 is 6.45. The summed E-state index contributed by atoms with van der Waals surface area (Å²) in [5.74, 6) is 1.90. The van der Waals surface area contributed by atoms with Crippen molar-refractivity contribution >= 4 is 47.1 Å². The molecule has 1 saturated heterocycles. The third kappa shape index (κ3) is 4.98. The van der Waals surface area contributed by atoms with E-state index in [2.05, 4.69) is 38.1 Å². The number of nitrogens with zero attached hydrogens (tertiary/aromatic N) is 2. The summed E-state index contributed by atoms with van der Waals surface area (Å²) in [6.45, 7) is 6.00. The van der Waals surface area contributed by atoms with Crippen LogP contribution in [0.4, 0.5) is 23.0 Å². The highest BCUT2D eigenvalue weighted by Gasteiger charge is 2.23. The van der Waals surface area contributed by atoms with Crippen LogP contribution in [0.25, 0.3) is 0 Å². The first-order chi connectivity index (χ1) is 15.5. The van der Waals surface area contributed by atoms with Gasteiger partial charge in [-0.15, -0.1) is 0 Å². The molecule has 0 amide bonds. The van der Waals surface area contributed by atoms with E-state index in [9.17, 15) is 4.57 Å². The minimum atomic E-state index is -2.46. The molecule has 1 unspecified atom stereocenters. The normalized spacial score (nSPS) is 16.2. The first-order valence-corrected chi connectivity index (χ1v) is 13.5. The van der Waals surface area contributed by atoms with E-state index < -0.39 is 7.14 Å². The van der Waals surface area contributed by atoms with E-state index in [0.717, 1.165) is 36.3 Å². The van der Waals surface area contributed by atoms with E-state index in [1.807, 2.05) is 50.4 Å². The van der Waals surface area contributed by atoms with Crippen molar-refractivity contribution in [2.75, 3.05) is 36.0 Å².